The number of fused-ring (bicyclic) bond motifs is 2. The molecule has 21 heteroatoms. The second-order valence-corrected chi connectivity index (χ2v) is 15.5. The van der Waals surface area contributed by atoms with E-state index in [-0.39, 0.29) is 27.6 Å². The second kappa shape index (κ2) is 13.7. The quantitative estimate of drug-likeness (QED) is 0.0964. The molecule has 6 N–H and O–H groups in total. The van der Waals surface area contributed by atoms with Crippen LogP contribution in [0.4, 0.5) is 17.1 Å². The Hall–Kier alpha value is -5.35. The van der Waals surface area contributed by atoms with Crippen LogP contribution >= 0.6 is 11.6 Å². The molecule has 52 heavy (non-hydrogen) atoms. The van der Waals surface area contributed by atoms with Crippen LogP contribution in [-0.2, 0) is 36.8 Å². The summed E-state index contributed by atoms with van der Waals surface area (Å²) in [5.74, 6) is -1.24. The van der Waals surface area contributed by atoms with Gasteiger partial charge in [-0.25, -0.2) is 9.98 Å². The van der Waals surface area contributed by atoms with Gasteiger partial charge in [0.05, 0.1) is 27.5 Å². The van der Waals surface area contributed by atoms with E-state index in [2.05, 4.69) is 35.5 Å². The van der Waals surface area contributed by atoms with Crippen molar-refractivity contribution in [2.45, 2.75) is 23.1 Å². The fraction of sp³-hybridized carbons (Fsp3) is 0.0645. The van der Waals surface area contributed by atoms with Gasteiger partial charge in [-0.15, -0.1) is 0 Å². The van der Waals surface area contributed by atoms with Crippen LogP contribution in [-0.4, -0.2) is 65.4 Å². The van der Waals surface area contributed by atoms with Crippen molar-refractivity contribution in [3.63, 3.8) is 0 Å². The Morgan fingerprint density at radius 1 is 0.827 bits per heavy atom. The number of aromatic nitrogens is 3. The second-order valence-electron chi connectivity index (χ2n) is 10.9. The molecule has 1 aromatic heterocycles. The van der Waals surface area contributed by atoms with Crippen LogP contribution in [0.25, 0.3) is 16.8 Å². The maximum Gasteiger partial charge on any atom is 0.297 e. The van der Waals surface area contributed by atoms with Crippen molar-refractivity contribution in [3.8, 4) is 0 Å². The Kier molecular flexibility index (Phi) is 9.57. The molecule has 1 aliphatic rings. The average molecular weight is 786 g/mol. The largest absolute Gasteiger partial charge is 0.300 e. The van der Waals surface area contributed by atoms with Gasteiger partial charge in [-0.05, 0) is 64.9 Å². The number of H-pyrrole nitrogens is 2. The van der Waals surface area contributed by atoms with Crippen molar-refractivity contribution < 1.29 is 43.7 Å². The highest BCUT2D eigenvalue weighted by Crippen LogP contribution is 2.36. The minimum Gasteiger partial charge on any atom is -0.300 e. The molecule has 0 amide bonds. The maximum atomic E-state index is 14.1. The molecular formula is C31H24ClN7O10S3. The third-order valence-electron chi connectivity index (χ3n) is 7.57. The van der Waals surface area contributed by atoms with Gasteiger partial charge in [-0.3, -0.25) is 28.9 Å². The van der Waals surface area contributed by atoms with Gasteiger partial charge in [0.25, 0.3) is 30.4 Å². The summed E-state index contributed by atoms with van der Waals surface area (Å²) in [5.41, 5.74) is 0.725. The minimum atomic E-state index is -5.29. The summed E-state index contributed by atoms with van der Waals surface area (Å²) in [4.78, 5) is 29.7. The normalized spacial score (nSPS) is 15.2. The summed E-state index contributed by atoms with van der Waals surface area (Å²) in [6.45, 7) is 1.92. The molecule has 0 radical (unpaired) electrons. The van der Waals surface area contributed by atoms with Gasteiger partial charge in [0.1, 0.15) is 9.80 Å². The Bertz CT molecular complexity index is 2880. The number of halogens is 1. The smallest absolute Gasteiger partial charge is 0.297 e. The van der Waals surface area contributed by atoms with Crippen LogP contribution in [0, 0.1) is 0 Å². The van der Waals surface area contributed by atoms with Gasteiger partial charge in [-0.1, -0.05) is 55.5 Å². The summed E-state index contributed by atoms with van der Waals surface area (Å²) in [6, 6.07) is 17.5. The van der Waals surface area contributed by atoms with E-state index in [9.17, 15) is 43.7 Å². The van der Waals surface area contributed by atoms with E-state index in [1.165, 1.54) is 24.3 Å². The first-order chi connectivity index (χ1) is 24.4. The van der Waals surface area contributed by atoms with Crippen molar-refractivity contribution in [2.24, 2.45) is 15.1 Å². The SMILES string of the molecule is CCc1ccccc1N=c1nc(Cl)[nH]c(=Nc2cc(S(=O)(=O)O)cc3c2C(=O)/C(=N/Nc2ccc4ccccc4c2S(=O)(=O)O)C(S(=O)(=O)O)=C3)[nH]1. The monoisotopic (exact) mass is 785 g/mol. The number of hydrazone groups is 1. The fourth-order valence-electron chi connectivity index (χ4n) is 5.33. The van der Waals surface area contributed by atoms with Crippen LogP contribution in [0.3, 0.4) is 0 Å². The van der Waals surface area contributed by atoms with Gasteiger partial charge in [0, 0.05) is 5.39 Å². The first-order valence-electron chi connectivity index (χ1n) is 14.7. The maximum absolute atomic E-state index is 14.1. The molecule has 17 nitrogen and oxygen atoms in total. The van der Waals surface area contributed by atoms with Crippen LogP contribution in [0.1, 0.15) is 28.4 Å². The van der Waals surface area contributed by atoms with E-state index in [0.29, 0.717) is 23.6 Å². The average Bonchev–Trinajstić information content (AvgIpc) is 3.06. The summed E-state index contributed by atoms with van der Waals surface area (Å²) in [7, 11) is -15.2. The summed E-state index contributed by atoms with van der Waals surface area (Å²) in [6.07, 6.45) is 1.34. The van der Waals surface area contributed by atoms with Crippen molar-refractivity contribution >= 4 is 87.4 Å². The zero-order valence-corrected chi connectivity index (χ0v) is 29.5. The number of hydrogen-bond acceptors (Lipinski definition) is 12. The fourth-order valence-corrected chi connectivity index (χ4v) is 7.55. The molecule has 5 aromatic rings. The van der Waals surface area contributed by atoms with Gasteiger partial charge in [0.15, 0.2) is 5.71 Å². The van der Waals surface area contributed by atoms with Crippen LogP contribution in [0.15, 0.2) is 103 Å². The number of allylic oxidation sites excluding steroid dienone is 1. The summed E-state index contributed by atoms with van der Waals surface area (Å²) in [5, 5.41) is 4.07. The van der Waals surface area contributed by atoms with E-state index in [1.54, 1.807) is 24.3 Å². The number of carbonyl (C=O) groups excluding carboxylic acids is 1. The molecule has 0 unspecified atom stereocenters. The third-order valence-corrected chi connectivity index (χ3v) is 10.4. The lowest BCUT2D eigenvalue weighted by Gasteiger charge is -2.19. The molecule has 0 fully saturated rings. The number of rotatable bonds is 8. The van der Waals surface area contributed by atoms with Gasteiger partial charge in [-0.2, -0.15) is 35.3 Å². The lowest BCUT2D eigenvalue weighted by molar-refractivity contribution is 0.106. The molecule has 268 valence electrons. The third kappa shape index (κ3) is 7.48. The minimum absolute atomic E-state index is 0.0560. The number of benzene rings is 4. The number of nitrogens with one attached hydrogen (secondary N) is 3. The van der Waals surface area contributed by atoms with E-state index in [0.717, 1.165) is 17.7 Å². The summed E-state index contributed by atoms with van der Waals surface area (Å²) < 4.78 is 105. The highest BCUT2D eigenvalue weighted by atomic mass is 35.5. The number of carbonyl (C=O) groups is 1. The number of nitrogens with zero attached hydrogens (tertiary/aromatic N) is 4. The predicted molar refractivity (Wildman–Crippen MR) is 189 cm³/mol. The Balaban J connectivity index is 1.58. The molecule has 1 heterocycles. The van der Waals surface area contributed by atoms with E-state index in [4.69, 9.17) is 11.6 Å². The number of para-hydroxylation sites is 1. The van der Waals surface area contributed by atoms with Crippen molar-refractivity contribution in [1.29, 1.82) is 0 Å². The highest BCUT2D eigenvalue weighted by Gasteiger charge is 2.36. The zero-order chi connectivity index (χ0) is 37.6. The van der Waals surface area contributed by atoms with Gasteiger partial charge >= 0.3 is 0 Å². The first kappa shape index (κ1) is 36.4. The summed E-state index contributed by atoms with van der Waals surface area (Å²) >= 11 is 6.20. The van der Waals surface area contributed by atoms with Crippen LogP contribution in [0.2, 0.25) is 5.28 Å². The Morgan fingerprint density at radius 2 is 1.54 bits per heavy atom. The van der Waals surface area contributed by atoms with E-state index >= 15 is 0 Å². The number of hydrogen-bond donors (Lipinski definition) is 6. The number of aromatic amines is 2. The molecule has 0 saturated heterocycles. The lowest BCUT2D eigenvalue weighted by Crippen LogP contribution is -2.29. The number of anilines is 1. The number of ketones is 1. The molecule has 0 aliphatic heterocycles. The molecular weight excluding hydrogens is 762 g/mol. The topological polar surface area (TPSA) is 274 Å². The molecule has 4 aromatic carbocycles. The molecule has 0 atom stereocenters. The molecule has 0 spiro atoms. The van der Waals surface area contributed by atoms with Crippen molar-refractivity contribution in [3.05, 3.63) is 111 Å². The number of Topliss-reactive ketones (excluding diaryl/α,β-unsaturated/α-hetero) is 1. The Labute approximate surface area is 299 Å². The molecule has 0 saturated carbocycles. The van der Waals surface area contributed by atoms with Gasteiger partial charge < -0.3 is 4.98 Å². The van der Waals surface area contributed by atoms with Crippen LogP contribution in [0.5, 0.6) is 0 Å². The van der Waals surface area contributed by atoms with E-state index in [1.807, 2.05) is 19.1 Å². The first-order valence-corrected chi connectivity index (χ1v) is 19.4. The predicted octanol–water partition coefficient (Wildman–Crippen LogP) is 3.96. The lowest BCUT2D eigenvalue weighted by atomic mass is 9.93. The highest BCUT2D eigenvalue weighted by molar-refractivity contribution is 7.91. The van der Waals surface area contributed by atoms with Crippen LogP contribution < -0.4 is 16.7 Å². The van der Waals surface area contributed by atoms with Crippen molar-refractivity contribution in [2.75, 3.05) is 5.43 Å². The van der Waals surface area contributed by atoms with Gasteiger partial charge in [0.2, 0.25) is 22.3 Å². The van der Waals surface area contributed by atoms with Crippen molar-refractivity contribution in [1.82, 2.24) is 15.0 Å². The standard InChI is InChI=1S/C31H24ClN7O10S3/c1-2-16-7-4-6-10-21(16)33-30-35-29(32)36-31(37-30)34-23-15-19(50(41,42)43)13-18-14-24(51(44,45)46)26(27(40)25(18)23)39-38-22-12-11-17-8-3-5-9-20(17)28(22)52(47,48)49/h3-15,38H,2H2,1H3,(H,41,42,43)(H,44,45,46)(H,47,48,49)(H2,33,34,35,36,37)/b39-26+. The number of aryl methyl sites for hydroxylation is 1. The molecule has 6 rings (SSSR count). The molecule has 0 bridgehead atoms. The zero-order valence-electron chi connectivity index (χ0n) is 26.3. The van der Waals surface area contributed by atoms with E-state index < -0.39 is 73.4 Å². The Morgan fingerprint density at radius 3 is 2.23 bits per heavy atom. The molecule has 1 aliphatic carbocycles.